The first-order valence-electron chi connectivity index (χ1n) is 8.47. The van der Waals surface area contributed by atoms with Gasteiger partial charge in [0.15, 0.2) is 0 Å². The maximum absolute atomic E-state index is 11.0. The Morgan fingerprint density at radius 2 is 0.719 bits per heavy atom. The molecule has 3 aromatic carbocycles. The second-order valence-electron chi connectivity index (χ2n) is 6.01. The fourth-order valence-corrected chi connectivity index (χ4v) is 2.58. The maximum Gasteiger partial charge on any atom is 0.349 e. The van der Waals surface area contributed by atoms with E-state index in [1.807, 2.05) is 0 Å². The van der Waals surface area contributed by atoms with Gasteiger partial charge in [0.2, 0.25) is 0 Å². The van der Waals surface area contributed by atoms with Crippen molar-refractivity contribution in [2.45, 2.75) is 0 Å². The molecule has 0 aliphatic rings. The standard InChI is InChI=1S/C18H10N4O10/c23-19(24)15-7-5-13(9-17(15)21(27)28)31-11-1-2-12(4-3-11)32-14-6-8-16(20(25)26)18(10-14)22(29)30/h1-10H. The molecule has 0 aliphatic carbocycles. The van der Waals surface area contributed by atoms with E-state index >= 15 is 0 Å². The number of nitro benzene ring substituents is 4. The Bertz CT molecular complexity index is 1150. The van der Waals surface area contributed by atoms with E-state index in [-0.39, 0.29) is 23.0 Å². The van der Waals surface area contributed by atoms with Crippen molar-refractivity contribution in [3.8, 4) is 23.0 Å². The van der Waals surface area contributed by atoms with Gasteiger partial charge in [0.05, 0.1) is 31.8 Å². The zero-order valence-corrected chi connectivity index (χ0v) is 15.6. The largest absolute Gasteiger partial charge is 0.457 e. The van der Waals surface area contributed by atoms with Crippen molar-refractivity contribution in [3.63, 3.8) is 0 Å². The zero-order chi connectivity index (χ0) is 23.4. The smallest absolute Gasteiger partial charge is 0.349 e. The molecule has 0 N–H and O–H groups in total. The SMILES string of the molecule is O=[N+]([O-])c1ccc(Oc2ccc(Oc3ccc([N+](=O)[O-])c([N+](=O)[O-])c3)cc2)cc1[N+](=O)[O-]. The van der Waals surface area contributed by atoms with Crippen molar-refractivity contribution in [2.75, 3.05) is 0 Å². The molecule has 162 valence electrons. The van der Waals surface area contributed by atoms with E-state index in [4.69, 9.17) is 9.47 Å². The van der Waals surface area contributed by atoms with Gasteiger partial charge in [-0.05, 0) is 36.4 Å². The van der Waals surface area contributed by atoms with Crippen LogP contribution in [-0.2, 0) is 0 Å². The highest BCUT2D eigenvalue weighted by Crippen LogP contribution is 2.35. The molecule has 0 heterocycles. The Morgan fingerprint density at radius 3 is 1.00 bits per heavy atom. The molecule has 0 saturated carbocycles. The molecule has 0 atom stereocenters. The minimum absolute atomic E-state index is 0.0121. The molecule has 0 bridgehead atoms. The number of ether oxygens (including phenoxy) is 2. The Balaban J connectivity index is 1.78. The van der Waals surface area contributed by atoms with E-state index in [0.717, 1.165) is 24.3 Å². The van der Waals surface area contributed by atoms with Gasteiger partial charge in [-0.1, -0.05) is 0 Å². The van der Waals surface area contributed by atoms with Crippen LogP contribution in [0, 0.1) is 40.5 Å². The van der Waals surface area contributed by atoms with Crippen molar-refractivity contribution in [3.05, 3.63) is 101 Å². The monoisotopic (exact) mass is 442 g/mol. The maximum atomic E-state index is 11.0. The van der Waals surface area contributed by atoms with Gasteiger partial charge in [-0.25, -0.2) is 0 Å². The molecule has 32 heavy (non-hydrogen) atoms. The summed E-state index contributed by atoms with van der Waals surface area (Å²) >= 11 is 0. The molecule has 0 aliphatic heterocycles. The van der Waals surface area contributed by atoms with E-state index in [0.29, 0.717) is 0 Å². The number of nitro groups is 4. The lowest BCUT2D eigenvalue weighted by molar-refractivity contribution is -0.422. The van der Waals surface area contributed by atoms with Crippen molar-refractivity contribution >= 4 is 22.7 Å². The van der Waals surface area contributed by atoms with Gasteiger partial charge < -0.3 is 9.47 Å². The van der Waals surface area contributed by atoms with Crippen LogP contribution in [-0.4, -0.2) is 19.7 Å². The number of nitrogens with zero attached hydrogens (tertiary/aromatic N) is 4. The van der Waals surface area contributed by atoms with Crippen LogP contribution < -0.4 is 9.47 Å². The van der Waals surface area contributed by atoms with Crippen molar-refractivity contribution < 1.29 is 29.2 Å². The minimum Gasteiger partial charge on any atom is -0.457 e. The van der Waals surface area contributed by atoms with Crippen molar-refractivity contribution in [1.29, 1.82) is 0 Å². The van der Waals surface area contributed by atoms with E-state index in [2.05, 4.69) is 0 Å². The average molecular weight is 442 g/mol. The van der Waals surface area contributed by atoms with Gasteiger partial charge in [-0.3, -0.25) is 40.5 Å². The van der Waals surface area contributed by atoms with Gasteiger partial charge in [0, 0.05) is 12.1 Å². The van der Waals surface area contributed by atoms with Crippen LogP contribution in [0.1, 0.15) is 0 Å². The third kappa shape index (κ3) is 4.70. The molecule has 14 nitrogen and oxygen atoms in total. The first kappa shape index (κ1) is 21.6. The summed E-state index contributed by atoms with van der Waals surface area (Å²) < 4.78 is 10.9. The predicted molar refractivity (Wildman–Crippen MR) is 106 cm³/mol. The molecule has 0 unspecified atom stereocenters. The summed E-state index contributed by atoms with van der Waals surface area (Å²) in [6.45, 7) is 0. The molecule has 0 radical (unpaired) electrons. The quantitative estimate of drug-likeness (QED) is 0.342. The van der Waals surface area contributed by atoms with Crippen molar-refractivity contribution in [1.82, 2.24) is 0 Å². The van der Waals surface area contributed by atoms with Gasteiger partial charge in [0.25, 0.3) is 0 Å². The molecular formula is C18H10N4O10. The molecular weight excluding hydrogens is 432 g/mol. The fraction of sp³-hybridized carbons (Fsp3) is 0. The molecule has 0 spiro atoms. The summed E-state index contributed by atoms with van der Waals surface area (Å²) in [6.07, 6.45) is 0. The molecule has 0 fully saturated rings. The molecule has 0 saturated heterocycles. The molecule has 0 amide bonds. The normalized spacial score (nSPS) is 10.2. The summed E-state index contributed by atoms with van der Waals surface area (Å²) in [6, 6.07) is 11.8. The minimum atomic E-state index is -0.898. The van der Waals surface area contributed by atoms with E-state index in [1.165, 1.54) is 36.4 Å². The third-order valence-electron chi connectivity index (χ3n) is 3.98. The average Bonchev–Trinajstić information content (AvgIpc) is 2.74. The topological polar surface area (TPSA) is 191 Å². The van der Waals surface area contributed by atoms with E-state index in [9.17, 15) is 40.5 Å². The number of benzene rings is 3. The van der Waals surface area contributed by atoms with Crippen LogP contribution in [0.25, 0.3) is 0 Å². The number of hydrogen-bond donors (Lipinski definition) is 0. The first-order chi connectivity index (χ1) is 15.2. The predicted octanol–water partition coefficient (Wildman–Crippen LogP) is 4.90. The molecule has 0 aromatic heterocycles. The lowest BCUT2D eigenvalue weighted by atomic mass is 10.2. The highest BCUT2D eigenvalue weighted by molar-refractivity contribution is 5.57. The Morgan fingerprint density at radius 1 is 0.438 bits per heavy atom. The van der Waals surface area contributed by atoms with Crippen LogP contribution >= 0.6 is 0 Å². The van der Waals surface area contributed by atoms with Crippen LogP contribution in [0.4, 0.5) is 22.7 Å². The fourth-order valence-electron chi connectivity index (χ4n) is 2.58. The van der Waals surface area contributed by atoms with Gasteiger partial charge >= 0.3 is 22.7 Å². The van der Waals surface area contributed by atoms with Crippen LogP contribution in [0.5, 0.6) is 23.0 Å². The summed E-state index contributed by atoms with van der Waals surface area (Å²) in [5.74, 6) is 0.411. The summed E-state index contributed by atoms with van der Waals surface area (Å²) in [5.41, 5.74) is -2.81. The lowest BCUT2D eigenvalue weighted by Crippen LogP contribution is -1.97. The zero-order valence-electron chi connectivity index (χ0n) is 15.6. The Kier molecular flexibility index (Phi) is 5.86. The Labute approximate surface area is 176 Å². The molecule has 3 rings (SSSR count). The van der Waals surface area contributed by atoms with Gasteiger partial charge in [-0.15, -0.1) is 0 Å². The summed E-state index contributed by atoms with van der Waals surface area (Å²) in [7, 11) is 0. The highest BCUT2D eigenvalue weighted by atomic mass is 16.6. The third-order valence-corrected chi connectivity index (χ3v) is 3.98. The van der Waals surface area contributed by atoms with Crippen LogP contribution in [0.2, 0.25) is 0 Å². The summed E-state index contributed by atoms with van der Waals surface area (Å²) in [5, 5.41) is 43.8. The van der Waals surface area contributed by atoms with E-state index in [1.54, 1.807) is 0 Å². The van der Waals surface area contributed by atoms with Crippen LogP contribution in [0.15, 0.2) is 60.7 Å². The van der Waals surface area contributed by atoms with Gasteiger partial charge in [0.1, 0.15) is 23.0 Å². The summed E-state index contributed by atoms with van der Waals surface area (Å²) in [4.78, 5) is 40.2. The highest BCUT2D eigenvalue weighted by Gasteiger charge is 2.25. The molecule has 3 aromatic rings. The van der Waals surface area contributed by atoms with Gasteiger partial charge in [-0.2, -0.15) is 0 Å². The first-order valence-corrected chi connectivity index (χ1v) is 8.47. The molecule has 14 heteroatoms. The van der Waals surface area contributed by atoms with Crippen LogP contribution in [0.3, 0.4) is 0 Å². The van der Waals surface area contributed by atoms with Crippen molar-refractivity contribution in [2.24, 2.45) is 0 Å². The second-order valence-corrected chi connectivity index (χ2v) is 6.01. The lowest BCUT2D eigenvalue weighted by Gasteiger charge is -2.08. The number of rotatable bonds is 8. The van der Waals surface area contributed by atoms with E-state index < -0.39 is 42.4 Å². The number of hydrogen-bond acceptors (Lipinski definition) is 10. The Hall–Kier alpha value is -5.14. The second kappa shape index (κ2) is 8.70.